The predicted octanol–water partition coefficient (Wildman–Crippen LogP) is 4.76. The van der Waals surface area contributed by atoms with Gasteiger partial charge in [0.15, 0.2) is 5.82 Å². The second kappa shape index (κ2) is 8.78. The van der Waals surface area contributed by atoms with Crippen LogP contribution < -0.4 is 5.32 Å². The highest BCUT2D eigenvalue weighted by atomic mass is 19.1. The number of nitrogens with zero attached hydrogens (tertiary/aromatic N) is 5. The summed E-state index contributed by atoms with van der Waals surface area (Å²) >= 11 is 0. The van der Waals surface area contributed by atoms with Gasteiger partial charge < -0.3 is 9.88 Å². The molecular formula is C26H25FN6O. The third-order valence-electron chi connectivity index (χ3n) is 6.05. The molecule has 172 valence electrons. The van der Waals surface area contributed by atoms with Crippen LogP contribution in [0.3, 0.4) is 0 Å². The first-order chi connectivity index (χ1) is 16.4. The molecule has 1 aliphatic rings. The van der Waals surface area contributed by atoms with E-state index in [1.807, 2.05) is 55.8 Å². The molecule has 3 heterocycles. The number of nitrogens with one attached hydrogen (secondary N) is 1. The summed E-state index contributed by atoms with van der Waals surface area (Å²) in [5.41, 5.74) is 4.47. The Bertz CT molecular complexity index is 1340. The number of amides is 1. The van der Waals surface area contributed by atoms with E-state index in [9.17, 15) is 9.18 Å². The van der Waals surface area contributed by atoms with Gasteiger partial charge in [-0.25, -0.2) is 4.39 Å². The molecule has 8 heteroatoms. The smallest absolute Gasteiger partial charge is 0.251 e. The van der Waals surface area contributed by atoms with Gasteiger partial charge in [-0.1, -0.05) is 6.07 Å². The lowest BCUT2D eigenvalue weighted by atomic mass is 10.0. The number of aromatic nitrogens is 5. The fraction of sp³-hybridized carbons (Fsp3) is 0.269. The van der Waals surface area contributed by atoms with Crippen LogP contribution in [0, 0.1) is 12.7 Å². The number of hydrogen-bond acceptors (Lipinski definition) is 5. The summed E-state index contributed by atoms with van der Waals surface area (Å²) in [7, 11) is 1.96. The molecule has 1 amide bonds. The number of aryl methyl sites for hydroxylation is 1. The number of pyridine rings is 2. The highest BCUT2D eigenvalue weighted by Gasteiger charge is 2.29. The maximum absolute atomic E-state index is 13.2. The molecular weight excluding hydrogens is 431 g/mol. The quantitative estimate of drug-likeness (QED) is 0.452. The van der Waals surface area contributed by atoms with Gasteiger partial charge in [0.2, 0.25) is 0 Å². The Labute approximate surface area is 197 Å². The van der Waals surface area contributed by atoms with Crippen molar-refractivity contribution in [3.63, 3.8) is 0 Å². The van der Waals surface area contributed by atoms with Crippen LogP contribution in [0.25, 0.3) is 22.6 Å². The van der Waals surface area contributed by atoms with E-state index in [2.05, 4.69) is 25.5 Å². The Morgan fingerprint density at radius 3 is 2.53 bits per heavy atom. The Balaban J connectivity index is 1.52. The molecule has 34 heavy (non-hydrogen) atoms. The van der Waals surface area contributed by atoms with Crippen molar-refractivity contribution in [2.45, 2.75) is 38.6 Å². The van der Waals surface area contributed by atoms with Crippen molar-refractivity contribution in [2.75, 3.05) is 0 Å². The van der Waals surface area contributed by atoms with Gasteiger partial charge in [-0.15, -0.1) is 10.2 Å². The van der Waals surface area contributed by atoms with Gasteiger partial charge in [-0.2, -0.15) is 0 Å². The topological polar surface area (TPSA) is 85.6 Å². The van der Waals surface area contributed by atoms with E-state index < -0.39 is 11.9 Å². The lowest BCUT2D eigenvalue weighted by Crippen LogP contribution is -2.27. The van der Waals surface area contributed by atoms with Crippen LogP contribution in [-0.4, -0.2) is 30.6 Å². The van der Waals surface area contributed by atoms with Crippen LogP contribution >= 0.6 is 0 Å². The zero-order chi connectivity index (χ0) is 23.8. The molecule has 0 unspecified atom stereocenters. The molecule has 1 aliphatic carbocycles. The minimum Gasteiger partial charge on any atom is -0.344 e. The van der Waals surface area contributed by atoms with E-state index in [1.165, 1.54) is 6.07 Å². The Morgan fingerprint density at radius 1 is 1.06 bits per heavy atom. The molecule has 1 N–H and O–H groups in total. The predicted molar refractivity (Wildman–Crippen MR) is 126 cm³/mol. The summed E-state index contributed by atoms with van der Waals surface area (Å²) in [4.78, 5) is 21.9. The fourth-order valence-corrected chi connectivity index (χ4v) is 3.96. The van der Waals surface area contributed by atoms with Crippen LogP contribution in [0.2, 0.25) is 0 Å². The molecule has 0 radical (unpaired) electrons. The SMILES string of the molecule is Cc1ccc(-c2cc(C(=O)N[C@H](C)c3ccc(F)cn3)cc(-c3nnc(C4CC4)n3C)c2)nc1. The normalized spacial score (nSPS) is 14.1. The van der Waals surface area contributed by atoms with E-state index >= 15 is 0 Å². The monoisotopic (exact) mass is 456 g/mol. The van der Waals surface area contributed by atoms with Crippen molar-refractivity contribution in [1.82, 2.24) is 30.0 Å². The molecule has 5 rings (SSSR count). The van der Waals surface area contributed by atoms with Crippen molar-refractivity contribution in [3.8, 4) is 22.6 Å². The van der Waals surface area contributed by atoms with Gasteiger partial charge in [-0.05, 0) is 68.7 Å². The Kier molecular flexibility index (Phi) is 5.65. The lowest BCUT2D eigenvalue weighted by Gasteiger charge is -2.15. The molecule has 0 aliphatic heterocycles. The molecule has 1 aromatic carbocycles. The van der Waals surface area contributed by atoms with E-state index in [4.69, 9.17) is 0 Å². The van der Waals surface area contributed by atoms with Gasteiger partial charge >= 0.3 is 0 Å². The first-order valence-corrected chi connectivity index (χ1v) is 11.3. The van der Waals surface area contributed by atoms with Crippen LogP contribution in [0.1, 0.15) is 59.2 Å². The average Bonchev–Trinajstić information content (AvgIpc) is 3.60. The highest BCUT2D eigenvalue weighted by Crippen LogP contribution is 2.40. The summed E-state index contributed by atoms with van der Waals surface area (Å²) in [6, 6.07) is 12.1. The Morgan fingerprint density at radius 2 is 1.85 bits per heavy atom. The van der Waals surface area contributed by atoms with Gasteiger partial charge in [0.25, 0.3) is 5.91 Å². The maximum Gasteiger partial charge on any atom is 0.251 e. The molecule has 7 nitrogen and oxygen atoms in total. The van der Waals surface area contributed by atoms with E-state index in [1.54, 1.807) is 12.3 Å². The summed E-state index contributed by atoms with van der Waals surface area (Å²) in [5.74, 6) is 1.45. The van der Waals surface area contributed by atoms with Gasteiger partial charge in [0.05, 0.1) is 23.6 Å². The van der Waals surface area contributed by atoms with Gasteiger partial charge in [-0.3, -0.25) is 14.8 Å². The minimum absolute atomic E-state index is 0.265. The molecule has 1 fully saturated rings. The fourth-order valence-electron chi connectivity index (χ4n) is 3.96. The number of carbonyl (C=O) groups is 1. The van der Waals surface area contributed by atoms with Gasteiger partial charge in [0, 0.05) is 35.9 Å². The van der Waals surface area contributed by atoms with Crippen LogP contribution in [0.15, 0.2) is 54.9 Å². The summed E-state index contributed by atoms with van der Waals surface area (Å²) in [5, 5.41) is 11.8. The second-order valence-corrected chi connectivity index (χ2v) is 8.83. The van der Waals surface area contributed by atoms with Crippen molar-refractivity contribution in [1.29, 1.82) is 0 Å². The first-order valence-electron chi connectivity index (χ1n) is 11.3. The molecule has 1 atom stereocenters. The van der Waals surface area contributed by atoms with Gasteiger partial charge in [0.1, 0.15) is 11.6 Å². The number of halogens is 1. The van der Waals surface area contributed by atoms with Crippen molar-refractivity contribution >= 4 is 5.91 Å². The molecule has 0 bridgehead atoms. The molecule has 3 aromatic heterocycles. The van der Waals surface area contributed by atoms with Crippen LogP contribution in [0.4, 0.5) is 4.39 Å². The number of rotatable bonds is 6. The second-order valence-electron chi connectivity index (χ2n) is 8.83. The van der Waals surface area contributed by atoms with Crippen molar-refractivity contribution < 1.29 is 9.18 Å². The maximum atomic E-state index is 13.2. The highest BCUT2D eigenvalue weighted by molar-refractivity contribution is 5.97. The number of benzene rings is 1. The van der Waals surface area contributed by atoms with Crippen molar-refractivity contribution in [3.05, 3.63) is 83.3 Å². The standard InChI is InChI=1S/C26H25FN6O/c1-15-4-8-23(28-13-15)18-10-19(25-32-31-24(33(25)3)17-5-6-17)12-20(11-18)26(34)30-16(2)22-9-7-21(27)14-29-22/h4,7-14,16-17H,5-6H2,1-3H3,(H,30,34)/t16-/m1/s1. The summed E-state index contributed by atoms with van der Waals surface area (Å²) in [6.45, 7) is 3.80. The summed E-state index contributed by atoms with van der Waals surface area (Å²) in [6.07, 6.45) is 5.20. The third kappa shape index (κ3) is 4.44. The molecule has 1 saturated carbocycles. The van der Waals surface area contributed by atoms with E-state index in [-0.39, 0.29) is 5.91 Å². The van der Waals surface area contributed by atoms with E-state index in [0.717, 1.165) is 47.2 Å². The number of carbonyl (C=O) groups excluding carboxylic acids is 1. The van der Waals surface area contributed by atoms with E-state index in [0.29, 0.717) is 23.0 Å². The first kappa shape index (κ1) is 21.9. The largest absolute Gasteiger partial charge is 0.344 e. The lowest BCUT2D eigenvalue weighted by molar-refractivity contribution is 0.0939. The molecule has 4 aromatic rings. The van der Waals surface area contributed by atoms with Crippen LogP contribution in [-0.2, 0) is 7.05 Å². The molecule has 0 spiro atoms. The molecule has 0 saturated heterocycles. The summed E-state index contributed by atoms with van der Waals surface area (Å²) < 4.78 is 15.2. The van der Waals surface area contributed by atoms with Crippen molar-refractivity contribution in [2.24, 2.45) is 7.05 Å². The van der Waals surface area contributed by atoms with Crippen LogP contribution in [0.5, 0.6) is 0 Å². The Hall–Kier alpha value is -3.94. The number of hydrogen-bond donors (Lipinski definition) is 1. The zero-order valence-electron chi connectivity index (χ0n) is 19.3. The zero-order valence-corrected chi connectivity index (χ0v) is 19.3. The third-order valence-corrected chi connectivity index (χ3v) is 6.05. The minimum atomic E-state index is -0.417. The average molecular weight is 457 g/mol.